The average Bonchev–Trinajstić information content (AvgIpc) is 2.80. The van der Waals surface area contributed by atoms with Crippen LogP contribution >= 0.6 is 11.3 Å². The third kappa shape index (κ3) is 5.95. The normalized spacial score (nSPS) is 10.7. The minimum Gasteiger partial charge on any atom is -0.384 e. The zero-order chi connectivity index (χ0) is 15.2. The Balaban J connectivity index is 2.51. The van der Waals surface area contributed by atoms with Crippen LogP contribution in [0.2, 0.25) is 0 Å². The van der Waals surface area contributed by atoms with Crippen LogP contribution in [0.4, 0.5) is 18.0 Å². The lowest BCUT2D eigenvalue weighted by molar-refractivity contribution is -0.123. The number of carbonyl (C=O) groups excluding carboxylic acids is 1. The molecule has 0 aliphatic heterocycles. The van der Waals surface area contributed by atoms with Gasteiger partial charge in [-0.3, -0.25) is 0 Å². The number of nitrogens with one attached hydrogen (secondary N) is 1. The molecule has 0 aliphatic rings. The summed E-state index contributed by atoms with van der Waals surface area (Å²) in [6.07, 6.45) is -4.42. The van der Waals surface area contributed by atoms with Crippen LogP contribution in [0.25, 0.3) is 0 Å². The Morgan fingerprint density at radius 1 is 1.55 bits per heavy atom. The molecule has 2 N–H and O–H groups in total. The molecule has 2 amide bonds. The number of halogens is 3. The maximum absolute atomic E-state index is 12.0. The lowest BCUT2D eigenvalue weighted by Crippen LogP contribution is -2.41. The Morgan fingerprint density at radius 3 is 2.85 bits per heavy atom. The van der Waals surface area contributed by atoms with E-state index in [0.29, 0.717) is 5.56 Å². The quantitative estimate of drug-likeness (QED) is 0.837. The Kier molecular flexibility index (Phi) is 5.85. The van der Waals surface area contributed by atoms with Crippen molar-refractivity contribution in [3.8, 4) is 11.8 Å². The zero-order valence-corrected chi connectivity index (χ0v) is 11.4. The van der Waals surface area contributed by atoms with E-state index >= 15 is 0 Å². The molecule has 1 rings (SSSR count). The molecule has 0 fully saturated rings. The summed E-state index contributed by atoms with van der Waals surface area (Å²) >= 11 is 1.34. The van der Waals surface area contributed by atoms with E-state index in [0.717, 1.165) is 9.78 Å². The van der Waals surface area contributed by atoms with E-state index in [1.165, 1.54) is 18.4 Å². The molecule has 110 valence electrons. The second kappa shape index (κ2) is 7.17. The highest BCUT2D eigenvalue weighted by Crippen LogP contribution is 2.16. The summed E-state index contributed by atoms with van der Waals surface area (Å²) < 4.78 is 35.9. The van der Waals surface area contributed by atoms with Gasteiger partial charge in [0.25, 0.3) is 0 Å². The minimum atomic E-state index is -4.42. The summed E-state index contributed by atoms with van der Waals surface area (Å²) in [4.78, 5) is 13.4. The number of thiophene rings is 1. The molecule has 1 aromatic rings. The van der Waals surface area contributed by atoms with Gasteiger partial charge in [-0.15, -0.1) is 11.3 Å². The number of carbonyl (C=O) groups is 1. The molecule has 0 atom stereocenters. The number of urea groups is 1. The lowest BCUT2D eigenvalue weighted by atomic mass is 10.3. The molecule has 20 heavy (non-hydrogen) atoms. The third-order valence-electron chi connectivity index (χ3n) is 2.15. The van der Waals surface area contributed by atoms with Gasteiger partial charge in [0, 0.05) is 22.9 Å². The van der Waals surface area contributed by atoms with Crippen LogP contribution < -0.4 is 5.32 Å². The van der Waals surface area contributed by atoms with Gasteiger partial charge in [0.1, 0.15) is 13.2 Å². The summed E-state index contributed by atoms with van der Waals surface area (Å²) in [5.74, 6) is 5.19. The van der Waals surface area contributed by atoms with E-state index in [4.69, 9.17) is 5.11 Å². The molecular weight excluding hydrogens is 293 g/mol. The van der Waals surface area contributed by atoms with Crippen molar-refractivity contribution in [1.82, 2.24) is 10.2 Å². The summed E-state index contributed by atoms with van der Waals surface area (Å²) in [6.45, 7) is -1.41. The van der Waals surface area contributed by atoms with Gasteiger partial charge in [-0.05, 0) is 6.07 Å². The fourth-order valence-corrected chi connectivity index (χ4v) is 2.16. The van der Waals surface area contributed by atoms with Gasteiger partial charge in [-0.25, -0.2) is 4.79 Å². The van der Waals surface area contributed by atoms with Crippen LogP contribution in [0.3, 0.4) is 0 Å². The molecule has 0 unspecified atom stereocenters. The van der Waals surface area contributed by atoms with Crippen molar-refractivity contribution in [2.75, 3.05) is 20.2 Å². The van der Waals surface area contributed by atoms with Crippen molar-refractivity contribution in [2.45, 2.75) is 12.7 Å². The topological polar surface area (TPSA) is 52.6 Å². The first-order valence-electron chi connectivity index (χ1n) is 5.54. The molecule has 0 radical (unpaired) electrons. The van der Waals surface area contributed by atoms with Crippen LogP contribution in [0.1, 0.15) is 10.4 Å². The highest BCUT2D eigenvalue weighted by atomic mass is 32.1. The first kappa shape index (κ1) is 16.3. The number of rotatable bonds is 3. The second-order valence-electron chi connectivity index (χ2n) is 3.89. The van der Waals surface area contributed by atoms with Gasteiger partial charge < -0.3 is 15.3 Å². The Hall–Kier alpha value is -1.72. The van der Waals surface area contributed by atoms with Crippen molar-refractivity contribution >= 4 is 17.4 Å². The molecule has 0 aromatic carbocycles. The van der Waals surface area contributed by atoms with Gasteiger partial charge in [0.05, 0.1) is 6.54 Å². The van der Waals surface area contributed by atoms with E-state index in [1.54, 1.807) is 16.8 Å². The predicted octanol–water partition coefficient (Wildman–Crippen LogP) is 1.80. The van der Waals surface area contributed by atoms with Gasteiger partial charge in [-0.1, -0.05) is 11.8 Å². The Labute approximate surface area is 118 Å². The highest BCUT2D eigenvalue weighted by molar-refractivity contribution is 7.10. The number of amides is 2. The van der Waals surface area contributed by atoms with Crippen LogP contribution in [0.15, 0.2) is 11.4 Å². The molecule has 0 saturated carbocycles. The van der Waals surface area contributed by atoms with Crippen molar-refractivity contribution in [3.63, 3.8) is 0 Å². The number of hydrogen-bond donors (Lipinski definition) is 2. The van der Waals surface area contributed by atoms with Crippen molar-refractivity contribution in [3.05, 3.63) is 21.9 Å². The Bertz CT molecular complexity index is 517. The van der Waals surface area contributed by atoms with E-state index in [2.05, 4.69) is 11.8 Å². The van der Waals surface area contributed by atoms with Crippen molar-refractivity contribution in [2.24, 2.45) is 0 Å². The predicted molar refractivity (Wildman–Crippen MR) is 69.2 cm³/mol. The summed E-state index contributed by atoms with van der Waals surface area (Å²) in [5.41, 5.74) is 0.697. The van der Waals surface area contributed by atoms with Crippen LogP contribution in [-0.4, -0.2) is 42.4 Å². The number of hydrogen-bond acceptors (Lipinski definition) is 3. The summed E-state index contributed by atoms with van der Waals surface area (Å²) in [6, 6.07) is 0.930. The monoisotopic (exact) mass is 306 g/mol. The van der Waals surface area contributed by atoms with E-state index < -0.39 is 18.8 Å². The highest BCUT2D eigenvalue weighted by Gasteiger charge is 2.28. The molecule has 1 heterocycles. The fourth-order valence-electron chi connectivity index (χ4n) is 1.29. The van der Waals surface area contributed by atoms with Gasteiger partial charge in [0.2, 0.25) is 0 Å². The fraction of sp³-hybridized carbons (Fsp3) is 0.417. The number of alkyl halides is 3. The van der Waals surface area contributed by atoms with E-state index in [-0.39, 0.29) is 13.2 Å². The van der Waals surface area contributed by atoms with E-state index in [1.807, 2.05) is 0 Å². The average molecular weight is 306 g/mol. The largest absolute Gasteiger partial charge is 0.405 e. The SMILES string of the molecule is CN(Cc1cc(C#CCO)cs1)C(=O)NCC(F)(F)F. The molecule has 1 aromatic heterocycles. The second-order valence-corrected chi connectivity index (χ2v) is 4.89. The number of aliphatic hydroxyl groups is 1. The van der Waals surface area contributed by atoms with Crippen molar-refractivity contribution < 1.29 is 23.1 Å². The molecule has 0 aliphatic carbocycles. The van der Waals surface area contributed by atoms with Crippen LogP contribution in [0, 0.1) is 11.8 Å². The molecular formula is C12H13F3N2O2S. The van der Waals surface area contributed by atoms with Gasteiger partial charge >= 0.3 is 12.2 Å². The third-order valence-corrected chi connectivity index (χ3v) is 3.07. The van der Waals surface area contributed by atoms with E-state index in [9.17, 15) is 18.0 Å². The molecule has 8 heteroatoms. The van der Waals surface area contributed by atoms with Gasteiger partial charge in [-0.2, -0.15) is 13.2 Å². The standard InChI is InChI=1S/C12H13F3N2O2S/c1-17(11(19)16-8-12(13,14)15)6-10-5-9(7-20-10)3-2-4-18/h5,7,18H,4,6,8H2,1H3,(H,16,19). The Morgan fingerprint density at radius 2 is 2.25 bits per heavy atom. The molecule has 4 nitrogen and oxygen atoms in total. The van der Waals surface area contributed by atoms with Crippen molar-refractivity contribution in [1.29, 1.82) is 0 Å². The first-order valence-corrected chi connectivity index (χ1v) is 6.42. The minimum absolute atomic E-state index is 0.190. The zero-order valence-electron chi connectivity index (χ0n) is 10.6. The molecule has 0 saturated heterocycles. The van der Waals surface area contributed by atoms with Crippen LogP contribution in [0.5, 0.6) is 0 Å². The number of nitrogens with zero attached hydrogens (tertiary/aromatic N) is 1. The summed E-state index contributed by atoms with van der Waals surface area (Å²) in [7, 11) is 1.41. The van der Waals surface area contributed by atoms with Gasteiger partial charge in [0.15, 0.2) is 0 Å². The molecule has 0 bridgehead atoms. The maximum atomic E-state index is 12.0. The maximum Gasteiger partial charge on any atom is 0.405 e. The first-order chi connectivity index (χ1) is 9.31. The smallest absolute Gasteiger partial charge is 0.384 e. The molecule has 0 spiro atoms. The number of aliphatic hydroxyl groups excluding tert-OH is 1. The van der Waals surface area contributed by atoms with Crippen LogP contribution in [-0.2, 0) is 6.54 Å². The summed E-state index contributed by atoms with van der Waals surface area (Å²) in [5, 5.41) is 12.1. The lowest BCUT2D eigenvalue weighted by Gasteiger charge is -2.17.